The summed E-state index contributed by atoms with van der Waals surface area (Å²) in [4.78, 5) is 28.9. The number of hydrogen-bond acceptors (Lipinski definition) is 3. The maximum Gasteiger partial charge on any atom is 0.260 e. The molecule has 1 fully saturated rings. The number of carbonyl (C=O) groups is 2. The average Bonchev–Trinajstić information content (AvgIpc) is 2.98. The largest absolute Gasteiger partial charge is 0.483 e. The van der Waals surface area contributed by atoms with Crippen LogP contribution in [0.1, 0.15) is 29.3 Å². The summed E-state index contributed by atoms with van der Waals surface area (Å²) in [5.41, 5.74) is 1.59. The van der Waals surface area contributed by atoms with Crippen LogP contribution in [0.15, 0.2) is 48.5 Å². The van der Waals surface area contributed by atoms with Crippen LogP contribution in [-0.4, -0.2) is 54.4 Å². The van der Waals surface area contributed by atoms with Gasteiger partial charge in [0.25, 0.3) is 11.8 Å². The van der Waals surface area contributed by atoms with E-state index in [9.17, 15) is 9.59 Å². The van der Waals surface area contributed by atoms with E-state index in [1.54, 1.807) is 34.1 Å². The van der Waals surface area contributed by atoms with Crippen LogP contribution in [0.3, 0.4) is 0 Å². The molecule has 2 aromatic carbocycles. The van der Waals surface area contributed by atoms with Crippen LogP contribution in [0.4, 0.5) is 0 Å². The van der Waals surface area contributed by atoms with E-state index in [1.807, 2.05) is 24.3 Å². The highest BCUT2D eigenvalue weighted by Gasteiger charge is 2.24. The summed E-state index contributed by atoms with van der Waals surface area (Å²) in [6, 6.07) is 14.8. The highest BCUT2D eigenvalue weighted by atomic mass is 35.5. The van der Waals surface area contributed by atoms with Gasteiger partial charge >= 0.3 is 0 Å². The van der Waals surface area contributed by atoms with Gasteiger partial charge in [-0.2, -0.15) is 0 Å². The third-order valence-corrected chi connectivity index (χ3v) is 5.27. The molecular formula is C22H25ClN2O3. The molecule has 0 atom stereocenters. The first kappa shape index (κ1) is 20.2. The lowest BCUT2D eigenvalue weighted by Gasteiger charge is -2.23. The highest BCUT2D eigenvalue weighted by molar-refractivity contribution is 6.33. The molecule has 0 spiro atoms. The van der Waals surface area contributed by atoms with Gasteiger partial charge < -0.3 is 14.5 Å². The van der Waals surface area contributed by atoms with Crippen LogP contribution in [0, 0.1) is 0 Å². The Labute approximate surface area is 170 Å². The first-order valence-electron chi connectivity index (χ1n) is 9.62. The zero-order valence-electron chi connectivity index (χ0n) is 16.1. The fourth-order valence-electron chi connectivity index (χ4n) is 3.34. The molecule has 0 unspecified atom stereocenters. The molecule has 28 heavy (non-hydrogen) atoms. The van der Waals surface area contributed by atoms with Crippen molar-refractivity contribution in [1.29, 1.82) is 0 Å². The summed E-state index contributed by atoms with van der Waals surface area (Å²) in [7, 11) is 0. The average molecular weight is 401 g/mol. The Morgan fingerprint density at radius 2 is 1.64 bits per heavy atom. The summed E-state index contributed by atoms with van der Waals surface area (Å²) >= 11 is 6.15. The van der Waals surface area contributed by atoms with E-state index in [2.05, 4.69) is 6.92 Å². The Morgan fingerprint density at radius 3 is 2.43 bits per heavy atom. The van der Waals surface area contributed by atoms with Crippen molar-refractivity contribution in [3.05, 3.63) is 64.7 Å². The smallest absolute Gasteiger partial charge is 0.260 e. The predicted molar refractivity (Wildman–Crippen MR) is 110 cm³/mol. The van der Waals surface area contributed by atoms with Crippen molar-refractivity contribution in [3.8, 4) is 5.75 Å². The van der Waals surface area contributed by atoms with Crippen molar-refractivity contribution < 1.29 is 14.3 Å². The fourth-order valence-corrected chi connectivity index (χ4v) is 3.56. The second-order valence-electron chi connectivity index (χ2n) is 6.76. The number of ether oxygens (including phenoxy) is 1. The fraction of sp³-hybridized carbons (Fsp3) is 0.364. The van der Waals surface area contributed by atoms with Gasteiger partial charge in [0.1, 0.15) is 5.75 Å². The molecule has 2 amide bonds. The molecule has 0 radical (unpaired) electrons. The van der Waals surface area contributed by atoms with Gasteiger partial charge in [0.15, 0.2) is 6.61 Å². The Morgan fingerprint density at radius 1 is 0.964 bits per heavy atom. The van der Waals surface area contributed by atoms with Gasteiger partial charge in [0.2, 0.25) is 0 Å². The molecule has 0 saturated carbocycles. The van der Waals surface area contributed by atoms with Gasteiger partial charge in [-0.05, 0) is 36.6 Å². The van der Waals surface area contributed by atoms with E-state index in [0.29, 0.717) is 36.8 Å². The SMILES string of the molecule is CCc1ccccc1OCC(=O)N1CCCN(C(=O)c2ccccc2Cl)CC1. The molecular weight excluding hydrogens is 376 g/mol. The summed E-state index contributed by atoms with van der Waals surface area (Å²) < 4.78 is 5.75. The van der Waals surface area contributed by atoms with Gasteiger partial charge in [-0.3, -0.25) is 9.59 Å². The monoisotopic (exact) mass is 400 g/mol. The molecule has 1 heterocycles. The van der Waals surface area contributed by atoms with Crippen LogP contribution in [0.2, 0.25) is 5.02 Å². The second kappa shape index (κ2) is 9.60. The van der Waals surface area contributed by atoms with Gasteiger partial charge in [-0.25, -0.2) is 0 Å². The molecule has 148 valence electrons. The maximum absolute atomic E-state index is 12.7. The number of carbonyl (C=O) groups excluding carboxylic acids is 2. The normalized spacial score (nSPS) is 14.5. The van der Waals surface area contributed by atoms with Crippen LogP contribution < -0.4 is 4.74 Å². The number of hydrogen-bond donors (Lipinski definition) is 0. The van der Waals surface area contributed by atoms with Crippen molar-refractivity contribution >= 4 is 23.4 Å². The zero-order valence-corrected chi connectivity index (χ0v) is 16.8. The topological polar surface area (TPSA) is 49.9 Å². The molecule has 0 bridgehead atoms. The zero-order chi connectivity index (χ0) is 19.9. The third-order valence-electron chi connectivity index (χ3n) is 4.94. The lowest BCUT2D eigenvalue weighted by molar-refractivity contribution is -0.133. The number of halogens is 1. The number of aryl methyl sites for hydroxylation is 1. The molecule has 6 heteroatoms. The molecule has 0 aromatic heterocycles. The van der Waals surface area contributed by atoms with Crippen LogP contribution in [-0.2, 0) is 11.2 Å². The lowest BCUT2D eigenvalue weighted by atomic mass is 10.1. The number of benzene rings is 2. The second-order valence-corrected chi connectivity index (χ2v) is 7.16. The van der Waals surface area contributed by atoms with E-state index in [-0.39, 0.29) is 18.4 Å². The van der Waals surface area contributed by atoms with E-state index in [4.69, 9.17) is 16.3 Å². The molecule has 3 rings (SSSR count). The van der Waals surface area contributed by atoms with Gasteiger partial charge in [-0.15, -0.1) is 0 Å². The lowest BCUT2D eigenvalue weighted by Crippen LogP contribution is -2.39. The Hall–Kier alpha value is -2.53. The van der Waals surface area contributed by atoms with Gasteiger partial charge in [0, 0.05) is 26.2 Å². The number of nitrogens with zero attached hydrogens (tertiary/aromatic N) is 2. The van der Waals surface area contributed by atoms with Crippen molar-refractivity contribution in [3.63, 3.8) is 0 Å². The van der Waals surface area contributed by atoms with Crippen molar-refractivity contribution in [1.82, 2.24) is 9.80 Å². The Balaban J connectivity index is 1.56. The number of rotatable bonds is 5. The summed E-state index contributed by atoms with van der Waals surface area (Å²) in [6.45, 7) is 4.27. The molecule has 0 aliphatic carbocycles. The third kappa shape index (κ3) is 4.84. The molecule has 2 aromatic rings. The first-order valence-corrected chi connectivity index (χ1v) is 10.00. The molecule has 1 saturated heterocycles. The van der Waals surface area contributed by atoms with Gasteiger partial charge in [0.05, 0.1) is 10.6 Å². The van der Waals surface area contributed by atoms with E-state index < -0.39 is 0 Å². The van der Waals surface area contributed by atoms with E-state index >= 15 is 0 Å². The van der Waals surface area contributed by atoms with E-state index in [1.165, 1.54) is 0 Å². The molecule has 0 N–H and O–H groups in total. The van der Waals surface area contributed by atoms with Crippen molar-refractivity contribution in [2.24, 2.45) is 0 Å². The summed E-state index contributed by atoms with van der Waals surface area (Å²) in [6.07, 6.45) is 1.58. The standard InChI is InChI=1S/C22H25ClN2O3/c1-2-17-8-3-6-11-20(17)28-16-21(26)24-12-7-13-25(15-14-24)22(27)18-9-4-5-10-19(18)23/h3-6,8-11H,2,7,12-16H2,1H3. The molecule has 1 aliphatic rings. The van der Waals surface area contributed by atoms with Crippen molar-refractivity contribution in [2.75, 3.05) is 32.8 Å². The Bertz CT molecular complexity index is 840. The minimum absolute atomic E-state index is 0.00940. The van der Waals surface area contributed by atoms with Crippen LogP contribution in [0.25, 0.3) is 0 Å². The summed E-state index contributed by atoms with van der Waals surface area (Å²) in [5, 5.41) is 0.452. The first-order chi connectivity index (χ1) is 13.6. The quantitative estimate of drug-likeness (QED) is 0.769. The number of para-hydroxylation sites is 1. The maximum atomic E-state index is 12.7. The van der Waals surface area contributed by atoms with Gasteiger partial charge in [-0.1, -0.05) is 48.9 Å². The van der Waals surface area contributed by atoms with E-state index in [0.717, 1.165) is 24.2 Å². The minimum Gasteiger partial charge on any atom is -0.483 e. The van der Waals surface area contributed by atoms with Crippen molar-refractivity contribution in [2.45, 2.75) is 19.8 Å². The Kier molecular flexibility index (Phi) is 6.93. The predicted octanol–water partition coefficient (Wildman–Crippen LogP) is 3.66. The molecule has 5 nitrogen and oxygen atoms in total. The summed E-state index contributed by atoms with van der Waals surface area (Å²) in [5.74, 6) is 0.606. The van der Waals surface area contributed by atoms with Crippen LogP contribution >= 0.6 is 11.6 Å². The van der Waals surface area contributed by atoms with Crippen LogP contribution in [0.5, 0.6) is 5.75 Å². The number of amides is 2. The minimum atomic E-state index is -0.0898. The highest BCUT2D eigenvalue weighted by Crippen LogP contribution is 2.20. The molecule has 1 aliphatic heterocycles.